The van der Waals surface area contributed by atoms with Gasteiger partial charge in [-0.1, -0.05) is 40.2 Å². The van der Waals surface area contributed by atoms with Crippen molar-refractivity contribution in [2.45, 2.75) is 6.42 Å². The van der Waals surface area contributed by atoms with E-state index in [1.165, 1.54) is 9.80 Å². The molecule has 1 aliphatic rings. The first-order valence-corrected chi connectivity index (χ1v) is 10.8. The molecule has 0 radical (unpaired) electrons. The van der Waals surface area contributed by atoms with Crippen molar-refractivity contribution in [3.8, 4) is 0 Å². The molecule has 0 saturated heterocycles. The van der Waals surface area contributed by atoms with Crippen molar-refractivity contribution in [3.05, 3.63) is 81.8 Å². The second-order valence-electron chi connectivity index (χ2n) is 7.35. The fraction of sp³-hybridized carbons (Fsp3) is 0.208. The molecule has 3 amide bonds. The second kappa shape index (κ2) is 8.99. The molecule has 0 fully saturated rings. The van der Waals surface area contributed by atoms with Crippen LogP contribution in [0.25, 0.3) is 10.8 Å². The Balaban J connectivity index is 1.48. The van der Waals surface area contributed by atoms with Gasteiger partial charge in [0, 0.05) is 46.2 Å². The van der Waals surface area contributed by atoms with Gasteiger partial charge in [-0.2, -0.15) is 0 Å². The van der Waals surface area contributed by atoms with E-state index in [4.69, 9.17) is 0 Å². The van der Waals surface area contributed by atoms with Gasteiger partial charge in [0.1, 0.15) is 0 Å². The molecule has 0 bridgehead atoms. The molecule has 0 saturated carbocycles. The van der Waals surface area contributed by atoms with Gasteiger partial charge < -0.3 is 10.0 Å². The molecule has 1 heterocycles. The van der Waals surface area contributed by atoms with Crippen LogP contribution in [0.4, 0.5) is 0 Å². The maximum Gasteiger partial charge on any atom is 0.261 e. The first-order valence-electron chi connectivity index (χ1n) is 10.0. The lowest BCUT2D eigenvalue weighted by Gasteiger charge is -2.28. The van der Waals surface area contributed by atoms with Gasteiger partial charge in [0.2, 0.25) is 0 Å². The molecule has 0 unspecified atom stereocenters. The number of nitrogens with zero attached hydrogens (tertiary/aromatic N) is 2. The zero-order valence-corrected chi connectivity index (χ0v) is 18.3. The number of hydrogen-bond donors (Lipinski definition) is 1. The van der Waals surface area contributed by atoms with Crippen LogP contribution in [0.15, 0.2) is 65.1 Å². The normalized spacial score (nSPS) is 13.0. The highest BCUT2D eigenvalue weighted by molar-refractivity contribution is 9.10. The highest BCUT2D eigenvalue weighted by Crippen LogP contribution is 2.30. The summed E-state index contributed by atoms with van der Waals surface area (Å²) in [5.74, 6) is -0.836. The summed E-state index contributed by atoms with van der Waals surface area (Å²) in [5.41, 5.74) is 1.55. The molecule has 0 atom stereocenters. The van der Waals surface area contributed by atoms with E-state index in [0.717, 1.165) is 9.86 Å². The van der Waals surface area contributed by atoms with Crippen LogP contribution in [-0.4, -0.2) is 58.9 Å². The minimum absolute atomic E-state index is 0.167. The van der Waals surface area contributed by atoms with Crippen molar-refractivity contribution in [2.24, 2.45) is 0 Å². The molecule has 7 heteroatoms. The first-order chi connectivity index (χ1) is 15.0. The summed E-state index contributed by atoms with van der Waals surface area (Å²) in [7, 11) is 0. The molecule has 3 aromatic rings. The molecule has 0 spiro atoms. The zero-order valence-electron chi connectivity index (χ0n) is 16.8. The molecule has 3 aromatic carbocycles. The first kappa shape index (κ1) is 21.2. The molecule has 0 aromatic heterocycles. The molecule has 158 valence electrons. The summed E-state index contributed by atoms with van der Waals surface area (Å²) < 4.78 is 0.871. The van der Waals surface area contributed by atoms with E-state index in [1.54, 1.807) is 36.4 Å². The van der Waals surface area contributed by atoms with Crippen molar-refractivity contribution >= 4 is 44.4 Å². The minimum atomic E-state index is -0.317. The highest BCUT2D eigenvalue weighted by Gasteiger charge is 2.32. The molecule has 0 aliphatic carbocycles. The summed E-state index contributed by atoms with van der Waals surface area (Å²) in [5, 5.41) is 10.9. The van der Waals surface area contributed by atoms with Gasteiger partial charge in [-0.05, 0) is 48.2 Å². The lowest BCUT2D eigenvalue weighted by atomic mass is 9.94. The monoisotopic (exact) mass is 480 g/mol. The third kappa shape index (κ3) is 4.11. The molecular formula is C24H21BrN2O4. The Bertz CT molecular complexity index is 1110. The van der Waals surface area contributed by atoms with Gasteiger partial charge in [0.25, 0.3) is 17.7 Å². The molecule has 1 aliphatic heterocycles. The number of carbonyl (C=O) groups excluding carboxylic acids is 3. The smallest absolute Gasteiger partial charge is 0.261 e. The van der Waals surface area contributed by atoms with Crippen LogP contribution in [-0.2, 0) is 0 Å². The Labute approximate surface area is 188 Å². The number of aliphatic hydroxyl groups excluding tert-OH is 1. The number of hydrogen-bond acceptors (Lipinski definition) is 4. The summed E-state index contributed by atoms with van der Waals surface area (Å²) in [6.45, 7) is 0.522. The van der Waals surface area contributed by atoms with Crippen LogP contribution in [0.1, 0.15) is 37.5 Å². The third-order valence-electron chi connectivity index (χ3n) is 5.41. The maximum absolute atomic E-state index is 13.0. The Morgan fingerprint density at radius 2 is 1.52 bits per heavy atom. The number of imide groups is 1. The van der Waals surface area contributed by atoms with Crippen molar-refractivity contribution in [1.29, 1.82) is 0 Å². The van der Waals surface area contributed by atoms with Gasteiger partial charge in [-0.15, -0.1) is 0 Å². The fourth-order valence-corrected chi connectivity index (χ4v) is 4.18. The quantitative estimate of drug-likeness (QED) is 0.522. The Morgan fingerprint density at radius 3 is 2.10 bits per heavy atom. The number of rotatable bonds is 7. The van der Waals surface area contributed by atoms with Gasteiger partial charge in [-0.25, -0.2) is 0 Å². The van der Waals surface area contributed by atoms with Crippen LogP contribution in [0, 0.1) is 0 Å². The van der Waals surface area contributed by atoms with E-state index in [-0.39, 0.29) is 37.4 Å². The Morgan fingerprint density at radius 1 is 0.903 bits per heavy atom. The second-order valence-corrected chi connectivity index (χ2v) is 8.26. The van der Waals surface area contributed by atoms with Crippen molar-refractivity contribution in [3.63, 3.8) is 0 Å². The topological polar surface area (TPSA) is 77.9 Å². The van der Waals surface area contributed by atoms with E-state index in [9.17, 15) is 19.5 Å². The number of benzene rings is 3. The van der Waals surface area contributed by atoms with Gasteiger partial charge in [-0.3, -0.25) is 19.3 Å². The average Bonchev–Trinajstić information content (AvgIpc) is 2.79. The van der Waals surface area contributed by atoms with Gasteiger partial charge in [0.15, 0.2) is 0 Å². The summed E-state index contributed by atoms with van der Waals surface area (Å²) in [6.07, 6.45) is 0.415. The average molecular weight is 481 g/mol. The van der Waals surface area contributed by atoms with Crippen LogP contribution >= 0.6 is 15.9 Å². The van der Waals surface area contributed by atoms with Crippen molar-refractivity contribution in [1.82, 2.24) is 9.80 Å². The lowest BCUT2D eigenvalue weighted by molar-refractivity contribution is 0.0596. The number of aliphatic hydroxyl groups is 1. The number of amides is 3. The molecule has 4 rings (SSSR count). The maximum atomic E-state index is 13.0. The predicted octanol–water partition coefficient (Wildman–Crippen LogP) is 3.72. The van der Waals surface area contributed by atoms with E-state index >= 15 is 0 Å². The fourth-order valence-electron chi connectivity index (χ4n) is 3.91. The number of halogens is 1. The van der Waals surface area contributed by atoms with Crippen molar-refractivity contribution < 1.29 is 19.5 Å². The van der Waals surface area contributed by atoms with Crippen LogP contribution < -0.4 is 0 Å². The SMILES string of the molecule is O=C(c1ccc(Br)cc1)N(CCO)CCCN1C(=O)c2cccc3cccc(c23)C1=O. The third-order valence-corrected chi connectivity index (χ3v) is 5.94. The van der Waals surface area contributed by atoms with Gasteiger partial charge >= 0.3 is 0 Å². The van der Waals surface area contributed by atoms with E-state index in [0.29, 0.717) is 35.0 Å². The predicted molar refractivity (Wildman–Crippen MR) is 121 cm³/mol. The molecular weight excluding hydrogens is 460 g/mol. The summed E-state index contributed by atoms with van der Waals surface area (Å²) in [6, 6.07) is 17.9. The molecule has 6 nitrogen and oxygen atoms in total. The Kier molecular flexibility index (Phi) is 6.15. The summed E-state index contributed by atoms with van der Waals surface area (Å²) in [4.78, 5) is 41.6. The van der Waals surface area contributed by atoms with E-state index in [2.05, 4.69) is 15.9 Å². The van der Waals surface area contributed by atoms with Crippen molar-refractivity contribution in [2.75, 3.05) is 26.2 Å². The van der Waals surface area contributed by atoms with E-state index < -0.39 is 0 Å². The van der Waals surface area contributed by atoms with Crippen LogP contribution in [0.3, 0.4) is 0 Å². The minimum Gasteiger partial charge on any atom is -0.395 e. The highest BCUT2D eigenvalue weighted by atomic mass is 79.9. The molecule has 31 heavy (non-hydrogen) atoms. The van der Waals surface area contributed by atoms with Crippen LogP contribution in [0.5, 0.6) is 0 Å². The number of carbonyl (C=O) groups is 3. The summed E-state index contributed by atoms with van der Waals surface area (Å²) >= 11 is 3.35. The van der Waals surface area contributed by atoms with E-state index in [1.807, 2.05) is 24.3 Å². The lowest BCUT2D eigenvalue weighted by Crippen LogP contribution is -2.42. The zero-order chi connectivity index (χ0) is 22.0. The van der Waals surface area contributed by atoms with Crippen LogP contribution in [0.2, 0.25) is 0 Å². The van der Waals surface area contributed by atoms with Gasteiger partial charge in [0.05, 0.1) is 6.61 Å². The molecule has 1 N–H and O–H groups in total. The Hall–Kier alpha value is -3.03. The standard InChI is InChI=1S/C24H21BrN2O4/c25-18-10-8-17(9-11-18)22(29)26(14-15-28)12-3-13-27-23(30)19-6-1-4-16-5-2-7-20(21(16)19)24(27)31/h1-2,4-11,28H,3,12-15H2. The largest absolute Gasteiger partial charge is 0.395 e.